The van der Waals surface area contributed by atoms with Crippen molar-refractivity contribution >= 4 is 11.3 Å². The molecule has 2 aliphatic rings. The SMILES string of the molecule is CC(C)NCc1sc(C2CC3CCC2O3)nc1C(C)(C)C. The summed E-state index contributed by atoms with van der Waals surface area (Å²) in [6.45, 7) is 12.1. The van der Waals surface area contributed by atoms with E-state index in [1.807, 2.05) is 11.3 Å². The van der Waals surface area contributed by atoms with E-state index in [9.17, 15) is 0 Å². The molecular formula is C17H28N2OS. The van der Waals surface area contributed by atoms with Crippen LogP contribution in [0.3, 0.4) is 0 Å². The lowest BCUT2D eigenvalue weighted by atomic mass is 9.89. The van der Waals surface area contributed by atoms with E-state index >= 15 is 0 Å². The number of ether oxygens (including phenoxy) is 1. The molecule has 0 spiro atoms. The molecule has 2 saturated heterocycles. The first kappa shape index (κ1) is 15.4. The molecule has 0 aromatic carbocycles. The molecule has 0 amide bonds. The first-order chi connectivity index (χ1) is 9.84. The molecule has 118 valence electrons. The molecule has 2 aliphatic heterocycles. The predicted octanol–water partition coefficient (Wildman–Crippen LogP) is 3.97. The summed E-state index contributed by atoms with van der Waals surface area (Å²) in [4.78, 5) is 6.47. The fourth-order valence-corrected chi connectivity index (χ4v) is 4.82. The second-order valence-electron chi connectivity index (χ2n) is 7.83. The molecule has 3 rings (SSSR count). The van der Waals surface area contributed by atoms with E-state index in [0.717, 1.165) is 6.54 Å². The Morgan fingerprint density at radius 3 is 2.62 bits per heavy atom. The van der Waals surface area contributed by atoms with Gasteiger partial charge in [0.25, 0.3) is 0 Å². The summed E-state index contributed by atoms with van der Waals surface area (Å²) in [6, 6.07) is 0.509. The van der Waals surface area contributed by atoms with Crippen LogP contribution in [0.4, 0.5) is 0 Å². The summed E-state index contributed by atoms with van der Waals surface area (Å²) in [5.74, 6) is 0.544. The molecule has 21 heavy (non-hydrogen) atoms. The van der Waals surface area contributed by atoms with Gasteiger partial charge in [-0.15, -0.1) is 11.3 Å². The van der Waals surface area contributed by atoms with Crippen molar-refractivity contribution in [1.29, 1.82) is 0 Å². The van der Waals surface area contributed by atoms with Gasteiger partial charge in [0, 0.05) is 28.8 Å². The molecule has 3 unspecified atom stereocenters. The smallest absolute Gasteiger partial charge is 0.0989 e. The van der Waals surface area contributed by atoms with Crippen LogP contribution in [0.15, 0.2) is 0 Å². The van der Waals surface area contributed by atoms with Crippen LogP contribution in [-0.2, 0) is 16.7 Å². The van der Waals surface area contributed by atoms with Gasteiger partial charge in [-0.05, 0) is 19.3 Å². The largest absolute Gasteiger partial charge is 0.374 e. The number of thiazole rings is 1. The highest BCUT2D eigenvalue weighted by atomic mass is 32.1. The van der Waals surface area contributed by atoms with E-state index < -0.39 is 0 Å². The molecule has 0 radical (unpaired) electrons. The number of nitrogens with one attached hydrogen (secondary N) is 1. The van der Waals surface area contributed by atoms with Gasteiger partial charge in [0.1, 0.15) is 0 Å². The number of hydrogen-bond donors (Lipinski definition) is 1. The Labute approximate surface area is 132 Å². The third kappa shape index (κ3) is 3.17. The van der Waals surface area contributed by atoms with Crippen molar-refractivity contribution in [1.82, 2.24) is 10.3 Å². The van der Waals surface area contributed by atoms with Crippen molar-refractivity contribution in [3.8, 4) is 0 Å². The summed E-state index contributed by atoms with van der Waals surface area (Å²) in [5.41, 5.74) is 1.39. The van der Waals surface area contributed by atoms with E-state index in [-0.39, 0.29) is 5.41 Å². The fourth-order valence-electron chi connectivity index (χ4n) is 3.43. The Bertz CT molecular complexity index is 503. The van der Waals surface area contributed by atoms with Gasteiger partial charge in [0.15, 0.2) is 0 Å². The molecular weight excluding hydrogens is 280 g/mol. The summed E-state index contributed by atoms with van der Waals surface area (Å²) >= 11 is 1.91. The normalized spacial score (nSPS) is 28.8. The minimum absolute atomic E-state index is 0.112. The lowest BCUT2D eigenvalue weighted by Gasteiger charge is -2.19. The quantitative estimate of drug-likeness (QED) is 0.914. The second-order valence-corrected chi connectivity index (χ2v) is 8.94. The zero-order valence-electron chi connectivity index (χ0n) is 13.9. The van der Waals surface area contributed by atoms with Gasteiger partial charge in [0.05, 0.1) is 22.9 Å². The maximum Gasteiger partial charge on any atom is 0.0989 e. The molecule has 0 saturated carbocycles. The van der Waals surface area contributed by atoms with Crippen LogP contribution in [0.1, 0.15) is 75.4 Å². The second kappa shape index (κ2) is 5.64. The van der Waals surface area contributed by atoms with Crippen LogP contribution in [-0.4, -0.2) is 23.2 Å². The average molecular weight is 308 g/mol. The van der Waals surface area contributed by atoms with Gasteiger partial charge in [-0.1, -0.05) is 34.6 Å². The number of aromatic nitrogens is 1. The first-order valence-electron chi connectivity index (χ1n) is 8.23. The van der Waals surface area contributed by atoms with Crippen molar-refractivity contribution in [3.05, 3.63) is 15.6 Å². The third-order valence-electron chi connectivity index (χ3n) is 4.52. The van der Waals surface area contributed by atoms with Crippen molar-refractivity contribution < 1.29 is 4.74 Å². The van der Waals surface area contributed by atoms with Crippen LogP contribution >= 0.6 is 11.3 Å². The number of rotatable bonds is 4. The Morgan fingerprint density at radius 2 is 2.10 bits per heavy atom. The van der Waals surface area contributed by atoms with Crippen LogP contribution < -0.4 is 5.32 Å². The van der Waals surface area contributed by atoms with Gasteiger partial charge in [0.2, 0.25) is 0 Å². The van der Waals surface area contributed by atoms with Crippen LogP contribution in [0.25, 0.3) is 0 Å². The van der Waals surface area contributed by atoms with Crippen molar-refractivity contribution in [2.45, 2.75) is 90.0 Å². The summed E-state index contributed by atoms with van der Waals surface area (Å²) in [6.07, 6.45) is 4.58. The standard InChI is InChI=1S/C17H28N2OS/c1-10(2)18-9-14-15(17(3,4)5)19-16(21-14)12-8-11-6-7-13(12)20-11/h10-13,18H,6-9H2,1-5H3. The number of fused-ring (bicyclic) bond motifs is 2. The van der Waals surface area contributed by atoms with E-state index in [1.54, 1.807) is 0 Å². The highest BCUT2D eigenvalue weighted by molar-refractivity contribution is 7.11. The molecule has 1 aromatic heterocycles. The van der Waals surface area contributed by atoms with Crippen LogP contribution in [0, 0.1) is 0 Å². The van der Waals surface area contributed by atoms with Gasteiger partial charge < -0.3 is 10.1 Å². The van der Waals surface area contributed by atoms with E-state index in [2.05, 4.69) is 39.9 Å². The monoisotopic (exact) mass is 308 g/mol. The summed E-state index contributed by atoms with van der Waals surface area (Å²) < 4.78 is 6.02. The summed E-state index contributed by atoms with van der Waals surface area (Å²) in [7, 11) is 0. The third-order valence-corrected chi connectivity index (χ3v) is 5.71. The fraction of sp³-hybridized carbons (Fsp3) is 0.824. The molecule has 3 heterocycles. The molecule has 3 nitrogen and oxygen atoms in total. The molecule has 2 fully saturated rings. The van der Waals surface area contributed by atoms with Gasteiger partial charge >= 0.3 is 0 Å². The molecule has 1 N–H and O–H groups in total. The lowest BCUT2D eigenvalue weighted by Crippen LogP contribution is -2.24. The zero-order chi connectivity index (χ0) is 15.2. The summed E-state index contributed by atoms with van der Waals surface area (Å²) in [5, 5.41) is 4.86. The average Bonchev–Trinajstić information content (AvgIpc) is 3.09. The number of hydrogen-bond acceptors (Lipinski definition) is 4. The topological polar surface area (TPSA) is 34.1 Å². The molecule has 2 bridgehead atoms. The van der Waals surface area contributed by atoms with E-state index in [0.29, 0.717) is 24.2 Å². The minimum Gasteiger partial charge on any atom is -0.374 e. The van der Waals surface area contributed by atoms with Crippen molar-refractivity contribution in [2.24, 2.45) is 0 Å². The van der Waals surface area contributed by atoms with Crippen molar-refractivity contribution in [3.63, 3.8) is 0 Å². The maximum absolute atomic E-state index is 6.02. The lowest BCUT2D eigenvalue weighted by molar-refractivity contribution is 0.100. The highest BCUT2D eigenvalue weighted by Gasteiger charge is 2.43. The van der Waals surface area contributed by atoms with Gasteiger partial charge in [-0.2, -0.15) is 0 Å². The van der Waals surface area contributed by atoms with Gasteiger partial charge in [-0.25, -0.2) is 4.98 Å². The van der Waals surface area contributed by atoms with Crippen molar-refractivity contribution in [2.75, 3.05) is 0 Å². The molecule has 3 atom stereocenters. The first-order valence-corrected chi connectivity index (χ1v) is 9.05. The predicted molar refractivity (Wildman–Crippen MR) is 88.0 cm³/mol. The highest BCUT2D eigenvalue weighted by Crippen LogP contribution is 2.46. The Morgan fingerprint density at radius 1 is 1.33 bits per heavy atom. The minimum atomic E-state index is 0.112. The maximum atomic E-state index is 6.02. The zero-order valence-corrected chi connectivity index (χ0v) is 14.7. The Hall–Kier alpha value is -0.450. The molecule has 1 aromatic rings. The van der Waals surface area contributed by atoms with Crippen LogP contribution in [0.2, 0.25) is 0 Å². The van der Waals surface area contributed by atoms with Gasteiger partial charge in [-0.3, -0.25) is 0 Å². The van der Waals surface area contributed by atoms with E-state index in [4.69, 9.17) is 9.72 Å². The van der Waals surface area contributed by atoms with Crippen LogP contribution in [0.5, 0.6) is 0 Å². The number of nitrogens with zero attached hydrogens (tertiary/aromatic N) is 1. The molecule has 4 heteroatoms. The Balaban J connectivity index is 1.85. The molecule has 0 aliphatic carbocycles. The Kier molecular flexibility index (Phi) is 4.15. The van der Waals surface area contributed by atoms with E-state index in [1.165, 1.54) is 34.8 Å².